The molecule has 0 spiro atoms. The third-order valence-corrected chi connectivity index (χ3v) is 5.87. The van der Waals surface area contributed by atoms with Crippen LogP contribution in [0.25, 0.3) is 11.1 Å². The maximum Gasteiger partial charge on any atom is 0.416 e. The van der Waals surface area contributed by atoms with E-state index in [1.807, 2.05) is 18.2 Å². The Bertz CT molecular complexity index is 1410. The second-order valence-electron chi connectivity index (χ2n) is 8.10. The first-order valence-corrected chi connectivity index (χ1v) is 11.7. The number of amides is 2. The Balaban J connectivity index is 1.44. The molecule has 0 aliphatic rings. The predicted octanol–water partition coefficient (Wildman–Crippen LogP) is 6.65. The van der Waals surface area contributed by atoms with Crippen molar-refractivity contribution in [2.24, 2.45) is 0 Å². The van der Waals surface area contributed by atoms with Crippen molar-refractivity contribution in [3.8, 4) is 11.1 Å². The molecule has 2 amide bonds. The summed E-state index contributed by atoms with van der Waals surface area (Å²) in [6.07, 6.45) is -2.20. The fourth-order valence-corrected chi connectivity index (χ4v) is 3.96. The molecule has 0 radical (unpaired) electrons. The first kappa shape index (κ1) is 25.9. The van der Waals surface area contributed by atoms with Gasteiger partial charge in [0.2, 0.25) is 0 Å². The average Bonchev–Trinajstić information content (AvgIpc) is 2.89. The van der Waals surface area contributed by atoms with Gasteiger partial charge in [-0.3, -0.25) is 14.6 Å². The summed E-state index contributed by atoms with van der Waals surface area (Å²) < 4.78 is 38.7. The average molecular weight is 524 g/mol. The number of benzene rings is 3. The highest BCUT2D eigenvalue weighted by Gasteiger charge is 2.30. The topological polar surface area (TPSA) is 71.1 Å². The summed E-state index contributed by atoms with van der Waals surface area (Å²) in [7, 11) is 0. The minimum absolute atomic E-state index is 0.157. The standard InChI is InChI=1S/C28H21ClF3N3O2/c29-25-17-21(12-13-24(25)26(36)34-16-14-20-5-3-4-15-33-20)35-27(37)23-7-2-1-6-22(23)18-8-10-19(11-9-18)28(30,31)32/h1-13,15,17H,14,16H2,(H,34,36)(H,35,37). The third-order valence-electron chi connectivity index (χ3n) is 5.56. The fourth-order valence-electron chi connectivity index (χ4n) is 3.69. The van der Waals surface area contributed by atoms with E-state index in [0.29, 0.717) is 29.8 Å². The van der Waals surface area contributed by atoms with Gasteiger partial charge >= 0.3 is 6.18 Å². The van der Waals surface area contributed by atoms with Crippen LogP contribution in [-0.4, -0.2) is 23.3 Å². The normalized spacial score (nSPS) is 11.1. The molecule has 0 aliphatic carbocycles. The summed E-state index contributed by atoms with van der Waals surface area (Å²) in [4.78, 5) is 29.8. The van der Waals surface area contributed by atoms with E-state index >= 15 is 0 Å². The molecule has 1 aromatic heterocycles. The zero-order valence-electron chi connectivity index (χ0n) is 19.4. The van der Waals surface area contributed by atoms with Gasteiger partial charge < -0.3 is 10.6 Å². The Morgan fingerprint density at radius 3 is 2.24 bits per heavy atom. The maximum absolute atomic E-state index is 13.0. The molecule has 0 saturated heterocycles. The molecule has 1 heterocycles. The van der Waals surface area contributed by atoms with Gasteiger partial charge in [0.15, 0.2) is 0 Å². The number of carbonyl (C=O) groups is 2. The molecule has 5 nitrogen and oxygen atoms in total. The van der Waals surface area contributed by atoms with Crippen molar-refractivity contribution in [3.05, 3.63) is 119 Å². The molecular weight excluding hydrogens is 503 g/mol. The molecular formula is C28H21ClF3N3O2. The molecule has 188 valence electrons. The van der Waals surface area contributed by atoms with Crippen LogP contribution in [0.5, 0.6) is 0 Å². The van der Waals surface area contributed by atoms with Gasteiger partial charge in [-0.15, -0.1) is 0 Å². The Morgan fingerprint density at radius 2 is 1.57 bits per heavy atom. The number of nitrogens with one attached hydrogen (secondary N) is 2. The number of rotatable bonds is 7. The van der Waals surface area contributed by atoms with Crippen LogP contribution in [0, 0.1) is 0 Å². The Hall–Kier alpha value is -4.17. The summed E-state index contributed by atoms with van der Waals surface area (Å²) in [5, 5.41) is 5.68. The van der Waals surface area contributed by atoms with E-state index in [-0.39, 0.29) is 22.1 Å². The van der Waals surface area contributed by atoms with Crippen molar-refractivity contribution < 1.29 is 22.8 Å². The summed E-state index contributed by atoms with van der Waals surface area (Å²) >= 11 is 6.31. The van der Waals surface area contributed by atoms with Gasteiger partial charge in [-0.1, -0.05) is 48.0 Å². The van der Waals surface area contributed by atoms with Crippen molar-refractivity contribution in [3.63, 3.8) is 0 Å². The molecule has 0 aliphatic heterocycles. The number of alkyl halides is 3. The SMILES string of the molecule is O=C(NCCc1ccccn1)c1ccc(NC(=O)c2ccccc2-c2ccc(C(F)(F)F)cc2)cc1Cl. The number of hydrogen-bond donors (Lipinski definition) is 2. The molecule has 0 fully saturated rings. The molecule has 0 saturated carbocycles. The van der Waals surface area contributed by atoms with Crippen molar-refractivity contribution >= 4 is 29.1 Å². The molecule has 4 rings (SSSR count). The van der Waals surface area contributed by atoms with Crippen LogP contribution in [0.1, 0.15) is 32.0 Å². The number of anilines is 1. The lowest BCUT2D eigenvalue weighted by Crippen LogP contribution is -2.26. The quantitative estimate of drug-likeness (QED) is 0.285. The van der Waals surface area contributed by atoms with Crippen LogP contribution in [-0.2, 0) is 12.6 Å². The van der Waals surface area contributed by atoms with Crippen molar-refractivity contribution in [2.45, 2.75) is 12.6 Å². The van der Waals surface area contributed by atoms with E-state index in [1.165, 1.54) is 24.3 Å². The third kappa shape index (κ3) is 6.54. The summed E-state index contributed by atoms with van der Waals surface area (Å²) in [5.41, 5.74) is 1.92. The van der Waals surface area contributed by atoms with Gasteiger partial charge in [0.05, 0.1) is 16.1 Å². The van der Waals surface area contributed by atoms with Crippen molar-refractivity contribution in [2.75, 3.05) is 11.9 Å². The van der Waals surface area contributed by atoms with Gasteiger partial charge in [-0.05, 0) is 59.7 Å². The van der Waals surface area contributed by atoms with Gasteiger partial charge in [0.1, 0.15) is 0 Å². The van der Waals surface area contributed by atoms with Crippen LogP contribution in [0.4, 0.5) is 18.9 Å². The number of aromatic nitrogens is 1. The van der Waals surface area contributed by atoms with E-state index in [4.69, 9.17) is 11.6 Å². The number of carbonyl (C=O) groups excluding carboxylic acids is 2. The second-order valence-corrected chi connectivity index (χ2v) is 8.50. The number of nitrogens with zero attached hydrogens (tertiary/aromatic N) is 1. The van der Waals surface area contributed by atoms with Crippen molar-refractivity contribution in [1.82, 2.24) is 10.3 Å². The summed E-state index contributed by atoms with van der Waals surface area (Å²) in [6, 6.07) is 21.3. The summed E-state index contributed by atoms with van der Waals surface area (Å²) in [6.45, 7) is 0.380. The first-order chi connectivity index (χ1) is 17.7. The number of pyridine rings is 1. The Morgan fingerprint density at radius 1 is 0.838 bits per heavy atom. The lowest BCUT2D eigenvalue weighted by atomic mass is 9.98. The van der Waals surface area contributed by atoms with Gasteiger partial charge in [-0.25, -0.2) is 0 Å². The van der Waals surface area contributed by atoms with Crippen LogP contribution in [0.15, 0.2) is 91.1 Å². The highest BCUT2D eigenvalue weighted by Crippen LogP contribution is 2.32. The van der Waals surface area contributed by atoms with Gasteiger partial charge in [-0.2, -0.15) is 13.2 Å². The minimum atomic E-state index is -4.45. The second kappa shape index (κ2) is 11.3. The van der Waals surface area contributed by atoms with E-state index in [9.17, 15) is 22.8 Å². The molecule has 0 atom stereocenters. The lowest BCUT2D eigenvalue weighted by Gasteiger charge is -2.13. The number of hydrogen-bond acceptors (Lipinski definition) is 3. The van der Waals surface area contributed by atoms with Crippen molar-refractivity contribution in [1.29, 1.82) is 0 Å². The molecule has 4 aromatic rings. The van der Waals surface area contributed by atoms with Gasteiger partial charge in [0.25, 0.3) is 11.8 Å². The molecule has 3 aromatic carbocycles. The summed E-state index contributed by atoms with van der Waals surface area (Å²) in [5.74, 6) is -0.828. The van der Waals surface area contributed by atoms with E-state index in [1.54, 1.807) is 36.5 Å². The molecule has 9 heteroatoms. The van der Waals surface area contributed by atoms with Crippen LogP contribution < -0.4 is 10.6 Å². The van der Waals surface area contributed by atoms with E-state index in [0.717, 1.165) is 17.8 Å². The first-order valence-electron chi connectivity index (χ1n) is 11.3. The maximum atomic E-state index is 13.0. The van der Waals surface area contributed by atoms with Crippen LogP contribution in [0.2, 0.25) is 5.02 Å². The molecule has 0 bridgehead atoms. The van der Waals surface area contributed by atoms with E-state index in [2.05, 4.69) is 15.6 Å². The predicted molar refractivity (Wildman–Crippen MR) is 137 cm³/mol. The highest BCUT2D eigenvalue weighted by atomic mass is 35.5. The zero-order valence-corrected chi connectivity index (χ0v) is 20.1. The van der Waals surface area contributed by atoms with Gasteiger partial charge in [0, 0.05) is 36.1 Å². The Labute approximate surface area is 216 Å². The molecule has 2 N–H and O–H groups in total. The largest absolute Gasteiger partial charge is 0.416 e. The molecule has 37 heavy (non-hydrogen) atoms. The Kier molecular flexibility index (Phi) is 7.89. The highest BCUT2D eigenvalue weighted by molar-refractivity contribution is 6.34. The monoisotopic (exact) mass is 523 g/mol. The smallest absolute Gasteiger partial charge is 0.352 e. The zero-order chi connectivity index (χ0) is 26.4. The van der Waals surface area contributed by atoms with E-state index < -0.39 is 17.6 Å². The fraction of sp³-hybridized carbons (Fsp3) is 0.107. The van der Waals surface area contributed by atoms with Crippen LogP contribution in [0.3, 0.4) is 0 Å². The lowest BCUT2D eigenvalue weighted by molar-refractivity contribution is -0.137. The number of halogens is 4. The van der Waals surface area contributed by atoms with Crippen LogP contribution >= 0.6 is 11.6 Å². The molecule has 0 unspecified atom stereocenters. The minimum Gasteiger partial charge on any atom is -0.352 e.